The van der Waals surface area contributed by atoms with Crippen molar-refractivity contribution in [1.29, 1.82) is 0 Å². The van der Waals surface area contributed by atoms with E-state index < -0.39 is 0 Å². The minimum atomic E-state index is -0.259. The van der Waals surface area contributed by atoms with E-state index in [0.29, 0.717) is 6.54 Å². The molecule has 1 unspecified atom stereocenters. The largest absolute Gasteiger partial charge is 0.392 e. The van der Waals surface area contributed by atoms with E-state index in [9.17, 15) is 9.50 Å². The van der Waals surface area contributed by atoms with Crippen LogP contribution < -0.4 is 0 Å². The summed E-state index contributed by atoms with van der Waals surface area (Å²) in [6, 6.07) is 6.49. The van der Waals surface area contributed by atoms with Crippen LogP contribution in [0.3, 0.4) is 0 Å². The molecule has 4 nitrogen and oxygen atoms in total. The van der Waals surface area contributed by atoms with E-state index in [2.05, 4.69) is 16.8 Å². The second kappa shape index (κ2) is 6.58. The molecule has 1 N–H and O–H groups in total. The Morgan fingerprint density at radius 1 is 1.32 bits per heavy atom. The third-order valence-corrected chi connectivity index (χ3v) is 4.19. The Morgan fingerprint density at radius 2 is 2.09 bits per heavy atom. The predicted molar refractivity (Wildman–Crippen MR) is 83.4 cm³/mol. The summed E-state index contributed by atoms with van der Waals surface area (Å²) in [5.41, 5.74) is 3.18. The molecule has 1 atom stereocenters. The van der Waals surface area contributed by atoms with Gasteiger partial charge in [-0.3, -0.25) is 4.90 Å². The number of nitrogens with zero attached hydrogens (tertiary/aromatic N) is 3. The molecule has 5 heteroatoms. The summed E-state index contributed by atoms with van der Waals surface area (Å²) in [7, 11) is 0. The van der Waals surface area contributed by atoms with E-state index in [1.165, 1.54) is 17.8 Å². The van der Waals surface area contributed by atoms with Crippen molar-refractivity contribution in [3.8, 4) is 5.69 Å². The number of benzene rings is 1. The molecule has 0 spiro atoms. The zero-order chi connectivity index (χ0) is 15.5. The second-order valence-corrected chi connectivity index (χ2v) is 5.91. The van der Waals surface area contributed by atoms with Crippen LogP contribution in [0.15, 0.2) is 30.6 Å². The number of fused-ring (bicyclic) bond motifs is 1. The van der Waals surface area contributed by atoms with Crippen LogP contribution in [0.2, 0.25) is 0 Å². The Hall–Kier alpha value is -1.72. The van der Waals surface area contributed by atoms with Crippen LogP contribution in [0, 0.1) is 5.82 Å². The lowest BCUT2D eigenvalue weighted by Crippen LogP contribution is -2.37. The topological polar surface area (TPSA) is 41.3 Å². The monoisotopic (exact) mass is 303 g/mol. The summed E-state index contributed by atoms with van der Waals surface area (Å²) < 4.78 is 15.1. The summed E-state index contributed by atoms with van der Waals surface area (Å²) >= 11 is 0. The van der Waals surface area contributed by atoms with Gasteiger partial charge in [-0.05, 0) is 30.7 Å². The number of hydrogen-bond donors (Lipinski definition) is 1. The maximum Gasteiger partial charge on any atom is 0.123 e. The van der Waals surface area contributed by atoms with Gasteiger partial charge < -0.3 is 9.67 Å². The smallest absolute Gasteiger partial charge is 0.123 e. The number of halogens is 1. The Bertz CT molecular complexity index is 623. The number of aliphatic hydroxyl groups is 1. The first-order valence-corrected chi connectivity index (χ1v) is 7.89. The molecular weight excluding hydrogens is 281 g/mol. The van der Waals surface area contributed by atoms with Gasteiger partial charge in [-0.15, -0.1) is 0 Å². The average Bonchev–Trinajstić information content (AvgIpc) is 2.91. The highest BCUT2D eigenvalue weighted by Crippen LogP contribution is 2.22. The lowest BCUT2D eigenvalue weighted by atomic mass is 10.1. The lowest BCUT2D eigenvalue weighted by Gasteiger charge is -2.28. The minimum absolute atomic E-state index is 0.228. The third-order valence-electron chi connectivity index (χ3n) is 4.19. The predicted octanol–water partition coefficient (Wildman–Crippen LogP) is 2.53. The maximum atomic E-state index is 13.0. The summed E-state index contributed by atoms with van der Waals surface area (Å²) in [5, 5.41) is 9.96. The van der Waals surface area contributed by atoms with E-state index in [-0.39, 0.29) is 11.9 Å². The molecule has 0 aliphatic carbocycles. The number of imidazole rings is 1. The average molecular weight is 303 g/mol. The molecule has 2 heterocycles. The van der Waals surface area contributed by atoms with Crippen molar-refractivity contribution in [3.05, 3.63) is 47.8 Å². The Labute approximate surface area is 130 Å². The highest BCUT2D eigenvalue weighted by atomic mass is 19.1. The fourth-order valence-electron chi connectivity index (χ4n) is 3.06. The van der Waals surface area contributed by atoms with Crippen LogP contribution >= 0.6 is 0 Å². The Morgan fingerprint density at radius 3 is 2.82 bits per heavy atom. The van der Waals surface area contributed by atoms with Crippen molar-refractivity contribution in [2.45, 2.75) is 38.8 Å². The second-order valence-electron chi connectivity index (χ2n) is 5.91. The fraction of sp³-hybridized carbons (Fsp3) is 0.471. The SMILES string of the molecule is CCCC(O)CN1CCc2c(ncn2-c2ccc(F)cc2)C1. The molecule has 1 aromatic heterocycles. The van der Waals surface area contributed by atoms with Gasteiger partial charge in [0.15, 0.2) is 0 Å². The molecule has 0 radical (unpaired) electrons. The summed E-state index contributed by atoms with van der Waals surface area (Å²) in [6.07, 6.45) is 4.29. The molecule has 1 aromatic carbocycles. The number of aliphatic hydroxyl groups excluding tert-OH is 1. The normalized spacial score (nSPS) is 16.5. The summed E-state index contributed by atoms with van der Waals surface area (Å²) in [5.74, 6) is -0.228. The van der Waals surface area contributed by atoms with Gasteiger partial charge >= 0.3 is 0 Å². The van der Waals surface area contributed by atoms with Crippen LogP contribution in [-0.4, -0.2) is 38.8 Å². The molecule has 0 amide bonds. The van der Waals surface area contributed by atoms with Gasteiger partial charge in [0.1, 0.15) is 5.82 Å². The van der Waals surface area contributed by atoms with Gasteiger partial charge in [0.2, 0.25) is 0 Å². The number of rotatable bonds is 5. The standard InChI is InChI=1S/C17H22FN3O/c1-2-3-15(22)10-20-9-8-17-16(11-20)19-12-21(17)14-6-4-13(18)5-7-14/h4-7,12,15,22H,2-3,8-11H2,1H3. The van der Waals surface area contributed by atoms with Gasteiger partial charge in [0.05, 0.1) is 18.1 Å². The number of β-amino-alcohol motifs (C(OH)–C–C–N with tert-alkyl or cyclic N) is 1. The summed E-state index contributed by atoms with van der Waals surface area (Å²) in [4.78, 5) is 6.76. The van der Waals surface area contributed by atoms with Gasteiger partial charge in [0.25, 0.3) is 0 Å². The Kier molecular flexibility index (Phi) is 4.55. The first-order chi connectivity index (χ1) is 10.7. The molecule has 1 aliphatic rings. The zero-order valence-electron chi connectivity index (χ0n) is 12.9. The fourth-order valence-corrected chi connectivity index (χ4v) is 3.06. The number of hydrogen-bond acceptors (Lipinski definition) is 3. The molecule has 118 valence electrons. The highest BCUT2D eigenvalue weighted by molar-refractivity contribution is 5.36. The highest BCUT2D eigenvalue weighted by Gasteiger charge is 2.22. The van der Waals surface area contributed by atoms with E-state index in [0.717, 1.165) is 43.7 Å². The van der Waals surface area contributed by atoms with Gasteiger partial charge in [-0.1, -0.05) is 13.3 Å². The first-order valence-electron chi connectivity index (χ1n) is 7.89. The van der Waals surface area contributed by atoms with Gasteiger partial charge in [-0.2, -0.15) is 0 Å². The molecule has 0 saturated heterocycles. The van der Waals surface area contributed by atoms with Crippen molar-refractivity contribution in [1.82, 2.24) is 14.5 Å². The maximum absolute atomic E-state index is 13.0. The Balaban J connectivity index is 1.73. The van der Waals surface area contributed by atoms with Crippen molar-refractivity contribution < 1.29 is 9.50 Å². The molecule has 22 heavy (non-hydrogen) atoms. The van der Waals surface area contributed by atoms with Crippen LogP contribution in [-0.2, 0) is 13.0 Å². The first kappa shape index (κ1) is 15.2. The van der Waals surface area contributed by atoms with Gasteiger partial charge in [0, 0.05) is 37.4 Å². The molecule has 1 aliphatic heterocycles. The van der Waals surface area contributed by atoms with Crippen LogP contribution in [0.4, 0.5) is 4.39 Å². The van der Waals surface area contributed by atoms with Crippen LogP contribution in [0.5, 0.6) is 0 Å². The van der Waals surface area contributed by atoms with Crippen LogP contribution in [0.25, 0.3) is 5.69 Å². The lowest BCUT2D eigenvalue weighted by molar-refractivity contribution is 0.0970. The quantitative estimate of drug-likeness (QED) is 0.923. The minimum Gasteiger partial charge on any atom is -0.392 e. The van der Waals surface area contributed by atoms with Crippen molar-refractivity contribution in [3.63, 3.8) is 0 Å². The molecule has 0 bridgehead atoms. The van der Waals surface area contributed by atoms with Gasteiger partial charge in [-0.25, -0.2) is 9.37 Å². The molecule has 0 fully saturated rings. The van der Waals surface area contributed by atoms with Crippen molar-refractivity contribution in [2.75, 3.05) is 13.1 Å². The number of aromatic nitrogens is 2. The summed E-state index contributed by atoms with van der Waals surface area (Å²) in [6.45, 7) is 4.48. The van der Waals surface area contributed by atoms with Crippen molar-refractivity contribution in [2.24, 2.45) is 0 Å². The van der Waals surface area contributed by atoms with Crippen LogP contribution in [0.1, 0.15) is 31.2 Å². The van der Waals surface area contributed by atoms with E-state index in [4.69, 9.17) is 0 Å². The van der Waals surface area contributed by atoms with E-state index in [1.54, 1.807) is 12.1 Å². The van der Waals surface area contributed by atoms with E-state index in [1.807, 2.05) is 10.9 Å². The zero-order valence-corrected chi connectivity index (χ0v) is 12.9. The molecular formula is C17H22FN3O. The van der Waals surface area contributed by atoms with Crippen molar-refractivity contribution >= 4 is 0 Å². The van der Waals surface area contributed by atoms with E-state index >= 15 is 0 Å². The molecule has 2 aromatic rings. The molecule has 0 saturated carbocycles. The molecule has 3 rings (SSSR count). The third kappa shape index (κ3) is 3.20.